The van der Waals surface area contributed by atoms with Crippen LogP contribution in [0.5, 0.6) is 5.75 Å². The largest absolute Gasteiger partial charge is 0.477 e. The maximum atomic E-state index is 13.8. The summed E-state index contributed by atoms with van der Waals surface area (Å²) in [6.07, 6.45) is 0.971. The lowest BCUT2D eigenvalue weighted by molar-refractivity contribution is -0.125. The number of hydrogen-bond donors (Lipinski definition) is 0. The van der Waals surface area contributed by atoms with Gasteiger partial charge in [-0.15, -0.1) is 0 Å². The van der Waals surface area contributed by atoms with E-state index >= 15 is 0 Å². The minimum absolute atomic E-state index is 0.171. The number of ether oxygens (including phenoxy) is 1. The Morgan fingerprint density at radius 3 is 2.96 bits per heavy atom. The van der Waals surface area contributed by atoms with E-state index in [1.807, 2.05) is 6.92 Å². The summed E-state index contributed by atoms with van der Waals surface area (Å²) in [4.78, 5) is 18.8. The Morgan fingerprint density at radius 2 is 2.19 bits per heavy atom. The van der Waals surface area contributed by atoms with Gasteiger partial charge in [-0.1, -0.05) is 17.7 Å². The highest BCUT2D eigenvalue weighted by Crippen LogP contribution is 2.40. The number of anilines is 1. The highest BCUT2D eigenvalue weighted by Gasteiger charge is 2.33. The highest BCUT2D eigenvalue weighted by molar-refractivity contribution is 9.10. The van der Waals surface area contributed by atoms with Crippen molar-refractivity contribution in [2.45, 2.75) is 26.5 Å². The van der Waals surface area contributed by atoms with E-state index in [1.165, 1.54) is 6.07 Å². The van der Waals surface area contributed by atoms with Crippen LogP contribution in [-0.4, -0.2) is 21.4 Å². The zero-order valence-electron chi connectivity index (χ0n) is 14.0. The summed E-state index contributed by atoms with van der Waals surface area (Å²) in [6.45, 7) is 3.79. The third-order valence-electron chi connectivity index (χ3n) is 4.42. The molecule has 4 rings (SSSR count). The average Bonchev–Trinajstić information content (AvgIpc) is 2.88. The Labute approximate surface area is 162 Å². The maximum absolute atomic E-state index is 13.8. The fourth-order valence-corrected chi connectivity index (χ4v) is 3.63. The number of fused-ring (bicyclic) bond motifs is 2. The molecule has 0 saturated heterocycles. The number of hydrogen-bond acceptors (Lipinski definition) is 3. The lowest BCUT2D eigenvalue weighted by Gasteiger charge is -2.33. The first kappa shape index (κ1) is 17.3. The number of pyridine rings is 1. The SMILES string of the molecule is Cc1nc2cc(F)c(Br)cn2c1CN1C(=O)[C@@H](C)Oc2c(Cl)cccc21. The molecule has 0 aliphatic carbocycles. The minimum atomic E-state index is -0.647. The van der Waals surface area contributed by atoms with Gasteiger partial charge >= 0.3 is 0 Å². The van der Waals surface area contributed by atoms with E-state index < -0.39 is 6.10 Å². The Morgan fingerprint density at radius 1 is 1.42 bits per heavy atom. The van der Waals surface area contributed by atoms with Gasteiger partial charge in [-0.05, 0) is 41.9 Å². The van der Waals surface area contributed by atoms with Crippen LogP contribution in [0, 0.1) is 12.7 Å². The molecule has 26 heavy (non-hydrogen) atoms. The molecule has 134 valence electrons. The molecule has 5 nitrogen and oxygen atoms in total. The second-order valence-corrected chi connectivity index (χ2v) is 7.38. The van der Waals surface area contributed by atoms with Crippen LogP contribution in [0.3, 0.4) is 0 Å². The number of carbonyl (C=O) groups is 1. The monoisotopic (exact) mass is 437 g/mol. The van der Waals surface area contributed by atoms with Gasteiger partial charge in [0.25, 0.3) is 5.91 Å². The fourth-order valence-electron chi connectivity index (χ4n) is 3.10. The summed E-state index contributed by atoms with van der Waals surface area (Å²) in [6, 6.07) is 6.64. The average molecular weight is 439 g/mol. The van der Waals surface area contributed by atoms with E-state index in [2.05, 4.69) is 20.9 Å². The molecule has 0 N–H and O–H groups in total. The van der Waals surface area contributed by atoms with Crippen LogP contribution in [0.25, 0.3) is 5.65 Å². The Balaban J connectivity index is 1.84. The summed E-state index contributed by atoms with van der Waals surface area (Å²) >= 11 is 9.44. The number of rotatable bonds is 2. The molecule has 3 heterocycles. The van der Waals surface area contributed by atoms with Crippen molar-refractivity contribution in [1.82, 2.24) is 9.38 Å². The number of amides is 1. The van der Waals surface area contributed by atoms with Crippen LogP contribution >= 0.6 is 27.5 Å². The maximum Gasteiger partial charge on any atom is 0.268 e. The molecule has 1 amide bonds. The molecule has 0 saturated carbocycles. The van der Waals surface area contributed by atoms with Crippen LogP contribution in [0.1, 0.15) is 18.3 Å². The van der Waals surface area contributed by atoms with Gasteiger partial charge in [0.15, 0.2) is 11.9 Å². The smallest absolute Gasteiger partial charge is 0.268 e. The van der Waals surface area contributed by atoms with E-state index in [-0.39, 0.29) is 18.3 Å². The number of nitrogens with zero attached hydrogens (tertiary/aromatic N) is 3. The molecule has 8 heteroatoms. The molecule has 0 radical (unpaired) electrons. The predicted molar refractivity (Wildman–Crippen MR) is 100 cm³/mol. The fraction of sp³-hybridized carbons (Fsp3) is 0.222. The number of aromatic nitrogens is 2. The van der Waals surface area contributed by atoms with Gasteiger partial charge in [0.05, 0.1) is 33.1 Å². The zero-order chi connectivity index (χ0) is 18.6. The third kappa shape index (κ3) is 2.66. The number of carbonyl (C=O) groups excluding carboxylic acids is 1. The van der Waals surface area contributed by atoms with E-state index in [1.54, 1.807) is 40.6 Å². The number of imidazole rings is 1. The standard InChI is InChI=1S/C18H14BrClFN3O2/c1-9-15(23-7-11(19)13(21)6-16(23)22-9)8-24-14-5-3-4-12(20)17(14)26-10(2)18(24)25/h3-7,10H,8H2,1-2H3/t10-/m1/s1. The van der Waals surface area contributed by atoms with Crippen LogP contribution in [0.4, 0.5) is 10.1 Å². The third-order valence-corrected chi connectivity index (χ3v) is 5.30. The molecule has 1 aromatic carbocycles. The normalized spacial score (nSPS) is 16.7. The predicted octanol–water partition coefficient (Wildman–Crippen LogP) is 4.51. The van der Waals surface area contributed by atoms with Gasteiger partial charge in [0.1, 0.15) is 11.5 Å². The Kier molecular flexibility index (Phi) is 4.16. The van der Waals surface area contributed by atoms with Gasteiger partial charge in [-0.3, -0.25) is 9.69 Å². The quantitative estimate of drug-likeness (QED) is 0.591. The lowest BCUT2D eigenvalue weighted by Crippen LogP contribution is -2.44. The van der Waals surface area contributed by atoms with E-state index in [0.717, 1.165) is 11.4 Å². The first-order valence-corrected chi connectivity index (χ1v) is 9.13. The van der Waals surface area contributed by atoms with Gasteiger partial charge < -0.3 is 9.14 Å². The van der Waals surface area contributed by atoms with Crippen LogP contribution < -0.4 is 9.64 Å². The molecule has 0 unspecified atom stereocenters. The first-order chi connectivity index (χ1) is 12.4. The number of halogens is 3. The molecular weight excluding hydrogens is 425 g/mol. The molecular formula is C18H14BrClFN3O2. The second-order valence-electron chi connectivity index (χ2n) is 6.11. The van der Waals surface area contributed by atoms with Crippen molar-refractivity contribution >= 4 is 44.8 Å². The minimum Gasteiger partial charge on any atom is -0.477 e. The summed E-state index contributed by atoms with van der Waals surface area (Å²) in [5, 5.41) is 0.450. The number of aryl methyl sites for hydroxylation is 1. The Hall–Kier alpha value is -2.12. The summed E-state index contributed by atoms with van der Waals surface area (Å²) in [7, 11) is 0. The van der Waals surface area contributed by atoms with Crippen LogP contribution in [0.15, 0.2) is 34.9 Å². The van der Waals surface area contributed by atoms with E-state index in [4.69, 9.17) is 16.3 Å². The molecule has 3 aromatic rings. The summed E-state index contributed by atoms with van der Waals surface area (Å²) in [5.41, 5.74) is 2.60. The van der Waals surface area contributed by atoms with Crippen molar-refractivity contribution in [1.29, 1.82) is 0 Å². The van der Waals surface area contributed by atoms with Crippen molar-refractivity contribution in [2.24, 2.45) is 0 Å². The molecule has 0 bridgehead atoms. The number of para-hydroxylation sites is 1. The molecule has 0 spiro atoms. The van der Waals surface area contributed by atoms with Crippen molar-refractivity contribution in [3.63, 3.8) is 0 Å². The van der Waals surface area contributed by atoms with Crippen molar-refractivity contribution in [3.8, 4) is 5.75 Å². The molecule has 0 fully saturated rings. The van der Waals surface area contributed by atoms with Gasteiger partial charge in [-0.2, -0.15) is 0 Å². The second kappa shape index (κ2) is 6.25. The van der Waals surface area contributed by atoms with Gasteiger partial charge in [0.2, 0.25) is 0 Å². The highest BCUT2D eigenvalue weighted by atomic mass is 79.9. The van der Waals surface area contributed by atoms with E-state index in [0.29, 0.717) is 26.6 Å². The summed E-state index contributed by atoms with van der Waals surface area (Å²) < 4.78 is 21.6. The Bertz CT molecular complexity index is 1050. The molecule has 2 aromatic heterocycles. The molecule has 1 aliphatic rings. The van der Waals surface area contributed by atoms with Crippen molar-refractivity contribution in [3.05, 3.63) is 57.2 Å². The first-order valence-electron chi connectivity index (χ1n) is 7.96. The van der Waals surface area contributed by atoms with Crippen LogP contribution in [-0.2, 0) is 11.3 Å². The molecule has 1 aliphatic heterocycles. The summed E-state index contributed by atoms with van der Waals surface area (Å²) in [5.74, 6) is -0.0718. The molecule has 1 atom stereocenters. The van der Waals surface area contributed by atoms with Gasteiger partial charge in [0, 0.05) is 12.3 Å². The van der Waals surface area contributed by atoms with Crippen LogP contribution in [0.2, 0.25) is 5.02 Å². The topological polar surface area (TPSA) is 46.8 Å². The number of benzene rings is 1. The van der Waals surface area contributed by atoms with E-state index in [9.17, 15) is 9.18 Å². The van der Waals surface area contributed by atoms with Gasteiger partial charge in [-0.25, -0.2) is 9.37 Å². The van der Waals surface area contributed by atoms with Crippen molar-refractivity contribution < 1.29 is 13.9 Å². The lowest BCUT2D eigenvalue weighted by atomic mass is 10.1. The van der Waals surface area contributed by atoms with Crippen molar-refractivity contribution in [2.75, 3.05) is 4.90 Å². The zero-order valence-corrected chi connectivity index (χ0v) is 16.3.